The lowest BCUT2D eigenvalue weighted by atomic mass is 10.1. The van der Waals surface area contributed by atoms with Gasteiger partial charge >= 0.3 is 0 Å². The van der Waals surface area contributed by atoms with E-state index in [1.54, 1.807) is 0 Å². The smallest absolute Gasteiger partial charge is 0.0992 e. The van der Waals surface area contributed by atoms with Crippen LogP contribution in [0.5, 0.6) is 0 Å². The average Bonchev–Trinajstić information content (AvgIpc) is 2.80. The molecular formula is C12H13BrN2S. The summed E-state index contributed by atoms with van der Waals surface area (Å²) in [5.74, 6) is 2.43. The summed E-state index contributed by atoms with van der Waals surface area (Å²) in [7, 11) is 2.11. The third-order valence-electron chi connectivity index (χ3n) is 2.87. The van der Waals surface area contributed by atoms with E-state index in [2.05, 4.69) is 40.0 Å². The first-order valence-electron chi connectivity index (χ1n) is 5.22. The third-order valence-corrected chi connectivity index (χ3v) is 4.47. The van der Waals surface area contributed by atoms with Gasteiger partial charge in [-0.25, -0.2) is 0 Å². The molecule has 84 valence electrons. The topological polar surface area (TPSA) is 27.0 Å². The van der Waals surface area contributed by atoms with Gasteiger partial charge in [0, 0.05) is 29.0 Å². The summed E-state index contributed by atoms with van der Waals surface area (Å²) in [6.07, 6.45) is 1.23. The van der Waals surface area contributed by atoms with Crippen molar-refractivity contribution in [1.82, 2.24) is 0 Å². The first-order valence-corrected chi connectivity index (χ1v) is 7.17. The van der Waals surface area contributed by atoms with E-state index in [1.807, 2.05) is 23.9 Å². The Kier molecular flexibility index (Phi) is 3.78. The summed E-state index contributed by atoms with van der Waals surface area (Å²) < 4.78 is 0.971. The predicted octanol–water partition coefficient (Wildman–Crippen LogP) is 3.26. The Morgan fingerprint density at radius 1 is 1.50 bits per heavy atom. The van der Waals surface area contributed by atoms with Crippen LogP contribution in [0.3, 0.4) is 0 Å². The molecule has 1 unspecified atom stereocenters. The van der Waals surface area contributed by atoms with Crippen LogP contribution in [-0.4, -0.2) is 24.6 Å². The number of nitriles is 1. The molecule has 1 heterocycles. The van der Waals surface area contributed by atoms with E-state index >= 15 is 0 Å². The molecule has 0 spiro atoms. The molecule has 1 saturated heterocycles. The number of anilines is 1. The molecule has 0 N–H and O–H groups in total. The summed E-state index contributed by atoms with van der Waals surface area (Å²) in [5.41, 5.74) is 1.83. The quantitative estimate of drug-likeness (QED) is 0.838. The second kappa shape index (κ2) is 5.11. The highest BCUT2D eigenvalue weighted by atomic mass is 79.9. The van der Waals surface area contributed by atoms with Crippen LogP contribution >= 0.6 is 27.7 Å². The minimum atomic E-state index is 0.603. The van der Waals surface area contributed by atoms with Gasteiger partial charge in [-0.15, -0.1) is 0 Å². The van der Waals surface area contributed by atoms with Crippen molar-refractivity contribution in [2.24, 2.45) is 0 Å². The van der Waals surface area contributed by atoms with Gasteiger partial charge in [0.1, 0.15) is 0 Å². The van der Waals surface area contributed by atoms with E-state index in [-0.39, 0.29) is 0 Å². The standard InChI is InChI=1S/C12H13BrN2S/c1-15(11-2-3-16-8-11)12-5-9(7-14)4-10(13)6-12/h4-6,11H,2-3,8H2,1H3. The Bertz CT molecular complexity index is 422. The first-order chi connectivity index (χ1) is 7.70. The maximum absolute atomic E-state index is 8.94. The largest absolute Gasteiger partial charge is 0.371 e. The highest BCUT2D eigenvalue weighted by Gasteiger charge is 2.20. The number of hydrogen-bond donors (Lipinski definition) is 0. The molecule has 1 fully saturated rings. The molecule has 2 nitrogen and oxygen atoms in total. The SMILES string of the molecule is CN(c1cc(Br)cc(C#N)c1)C1CCSC1. The minimum Gasteiger partial charge on any atom is -0.371 e. The zero-order chi connectivity index (χ0) is 11.5. The molecule has 0 aliphatic carbocycles. The van der Waals surface area contributed by atoms with Crippen LogP contribution in [0.25, 0.3) is 0 Å². The lowest BCUT2D eigenvalue weighted by Crippen LogP contribution is -2.31. The Balaban J connectivity index is 2.25. The highest BCUT2D eigenvalue weighted by Crippen LogP contribution is 2.28. The van der Waals surface area contributed by atoms with E-state index in [0.717, 1.165) is 10.2 Å². The van der Waals surface area contributed by atoms with Crippen molar-refractivity contribution in [1.29, 1.82) is 5.26 Å². The van der Waals surface area contributed by atoms with Crippen molar-refractivity contribution in [3.8, 4) is 6.07 Å². The van der Waals surface area contributed by atoms with Crippen molar-refractivity contribution in [3.63, 3.8) is 0 Å². The Hall–Kier alpha value is -0.660. The van der Waals surface area contributed by atoms with Crippen LogP contribution < -0.4 is 4.90 Å². The van der Waals surface area contributed by atoms with Gasteiger partial charge in [0.15, 0.2) is 0 Å². The van der Waals surface area contributed by atoms with Crippen LogP contribution in [-0.2, 0) is 0 Å². The van der Waals surface area contributed by atoms with Gasteiger partial charge in [-0.2, -0.15) is 17.0 Å². The fourth-order valence-corrected chi connectivity index (χ4v) is 3.63. The number of halogens is 1. The van der Waals surface area contributed by atoms with Crippen molar-refractivity contribution < 1.29 is 0 Å². The highest BCUT2D eigenvalue weighted by molar-refractivity contribution is 9.10. The molecule has 0 bridgehead atoms. The molecule has 4 heteroatoms. The maximum Gasteiger partial charge on any atom is 0.0992 e. The molecule has 1 aliphatic heterocycles. The van der Waals surface area contributed by atoms with E-state index < -0.39 is 0 Å². The summed E-state index contributed by atoms with van der Waals surface area (Å²) >= 11 is 5.45. The molecule has 1 aromatic carbocycles. The van der Waals surface area contributed by atoms with Crippen molar-refractivity contribution in [2.45, 2.75) is 12.5 Å². The molecule has 0 radical (unpaired) electrons. The van der Waals surface area contributed by atoms with Gasteiger partial charge < -0.3 is 4.90 Å². The van der Waals surface area contributed by atoms with Crippen LogP contribution in [0.15, 0.2) is 22.7 Å². The van der Waals surface area contributed by atoms with Crippen LogP contribution in [0.1, 0.15) is 12.0 Å². The fourth-order valence-electron chi connectivity index (χ4n) is 1.88. The van der Waals surface area contributed by atoms with Gasteiger partial charge in [-0.05, 0) is 30.4 Å². The van der Waals surface area contributed by atoms with E-state index in [4.69, 9.17) is 5.26 Å². The van der Waals surface area contributed by atoms with Crippen molar-refractivity contribution >= 4 is 33.4 Å². The Labute approximate surface area is 109 Å². The monoisotopic (exact) mass is 296 g/mol. The van der Waals surface area contributed by atoms with Gasteiger partial charge in [0.2, 0.25) is 0 Å². The molecular weight excluding hydrogens is 284 g/mol. The predicted molar refractivity (Wildman–Crippen MR) is 73.0 cm³/mol. The van der Waals surface area contributed by atoms with Crippen LogP contribution in [0, 0.1) is 11.3 Å². The second-order valence-electron chi connectivity index (χ2n) is 3.94. The number of rotatable bonds is 2. The zero-order valence-corrected chi connectivity index (χ0v) is 11.5. The summed E-state index contributed by atoms with van der Waals surface area (Å²) in [6, 6.07) is 8.67. The summed E-state index contributed by atoms with van der Waals surface area (Å²) in [6.45, 7) is 0. The average molecular weight is 297 g/mol. The first kappa shape index (κ1) is 11.8. The second-order valence-corrected chi connectivity index (χ2v) is 6.00. The Morgan fingerprint density at radius 2 is 2.31 bits per heavy atom. The molecule has 1 atom stereocenters. The summed E-state index contributed by atoms with van der Waals surface area (Å²) in [5, 5.41) is 8.94. The minimum absolute atomic E-state index is 0.603. The van der Waals surface area contributed by atoms with Gasteiger partial charge in [0.05, 0.1) is 11.6 Å². The molecule has 1 aromatic rings. The normalized spacial score (nSPS) is 19.4. The lowest BCUT2D eigenvalue weighted by molar-refractivity contribution is 0.700. The van der Waals surface area contributed by atoms with Crippen molar-refractivity contribution in [3.05, 3.63) is 28.2 Å². The fraction of sp³-hybridized carbons (Fsp3) is 0.417. The molecule has 2 rings (SSSR count). The number of nitrogens with zero attached hydrogens (tertiary/aromatic N) is 2. The molecule has 0 saturated carbocycles. The summed E-state index contributed by atoms with van der Waals surface area (Å²) in [4.78, 5) is 2.28. The molecule has 1 aliphatic rings. The Morgan fingerprint density at radius 3 is 2.94 bits per heavy atom. The van der Waals surface area contributed by atoms with Crippen LogP contribution in [0.4, 0.5) is 5.69 Å². The van der Waals surface area contributed by atoms with Gasteiger partial charge in [-0.3, -0.25) is 0 Å². The number of hydrogen-bond acceptors (Lipinski definition) is 3. The molecule has 0 amide bonds. The zero-order valence-electron chi connectivity index (χ0n) is 9.11. The van der Waals surface area contributed by atoms with Crippen molar-refractivity contribution in [2.75, 3.05) is 23.5 Å². The number of thioether (sulfide) groups is 1. The van der Waals surface area contributed by atoms with E-state index in [0.29, 0.717) is 11.6 Å². The molecule has 0 aromatic heterocycles. The van der Waals surface area contributed by atoms with Gasteiger partial charge in [0.25, 0.3) is 0 Å². The van der Waals surface area contributed by atoms with E-state index in [9.17, 15) is 0 Å². The van der Waals surface area contributed by atoms with Crippen LogP contribution in [0.2, 0.25) is 0 Å². The van der Waals surface area contributed by atoms with Gasteiger partial charge in [-0.1, -0.05) is 15.9 Å². The lowest BCUT2D eigenvalue weighted by Gasteiger charge is -2.26. The van der Waals surface area contributed by atoms with E-state index in [1.165, 1.54) is 17.9 Å². The maximum atomic E-state index is 8.94. The third kappa shape index (κ3) is 2.53. The number of benzene rings is 1. The molecule has 16 heavy (non-hydrogen) atoms.